The molecule has 0 aliphatic carbocycles. The highest BCUT2D eigenvalue weighted by Crippen LogP contribution is 2.27. The van der Waals surface area contributed by atoms with Gasteiger partial charge in [0.15, 0.2) is 6.26 Å². The first-order chi connectivity index (χ1) is 4.47. The number of rotatable bonds is 0. The maximum absolute atomic E-state index is 4.90. The summed E-state index contributed by atoms with van der Waals surface area (Å²) in [5.41, 5.74) is 0. The maximum atomic E-state index is 4.90. The van der Waals surface area contributed by atoms with Gasteiger partial charge in [0.05, 0.1) is 0 Å². The molecular weight excluding hydrogens is 122 g/mol. The molecule has 1 aromatic heterocycles. The molecule has 1 aliphatic heterocycles. The van der Waals surface area contributed by atoms with Crippen molar-refractivity contribution in [3.63, 3.8) is 0 Å². The van der Waals surface area contributed by atoms with Gasteiger partial charge in [0.1, 0.15) is 12.5 Å². The lowest BCUT2D eigenvalue weighted by atomic mass is 10.6. The molecule has 0 saturated heterocycles. The molecule has 2 heterocycles. The third kappa shape index (κ3) is 0.561. The molecule has 1 aromatic rings. The third-order valence-corrected chi connectivity index (χ3v) is 0.936. The summed E-state index contributed by atoms with van der Waals surface area (Å²) in [5, 5.41) is 3.48. The molecule has 0 bridgehead atoms. The quantitative estimate of drug-likeness (QED) is 0.517. The zero-order valence-corrected chi connectivity index (χ0v) is 4.40. The number of ether oxygens (including phenoxy) is 2. The Morgan fingerprint density at radius 2 is 2.11 bits per heavy atom. The molecule has 4 nitrogen and oxygen atoms in total. The summed E-state index contributed by atoms with van der Waals surface area (Å²) in [4.78, 5) is 0. The third-order valence-electron chi connectivity index (χ3n) is 0.936. The summed E-state index contributed by atoms with van der Waals surface area (Å²) < 4.78 is 14.3. The monoisotopic (exact) mass is 125 g/mol. The summed E-state index contributed by atoms with van der Waals surface area (Å²) in [6.07, 6.45) is 4.18. The standard InChI is InChI=1S/C5H3NO3/c1-2-8-5-4(7-1)3-9-6-5/h1-3H. The summed E-state index contributed by atoms with van der Waals surface area (Å²) in [5.74, 6) is 0.884. The fourth-order valence-electron chi connectivity index (χ4n) is 0.569. The average Bonchev–Trinajstić information content (AvgIpc) is 2.33. The highest BCUT2D eigenvalue weighted by Gasteiger charge is 2.11. The van der Waals surface area contributed by atoms with Gasteiger partial charge in [0.25, 0.3) is 0 Å². The fraction of sp³-hybridized carbons (Fsp3) is 0. The first-order valence-electron chi connectivity index (χ1n) is 2.39. The lowest BCUT2D eigenvalue weighted by Crippen LogP contribution is -1.93. The van der Waals surface area contributed by atoms with Gasteiger partial charge >= 0.3 is 5.88 Å². The van der Waals surface area contributed by atoms with Crippen molar-refractivity contribution in [2.24, 2.45) is 0 Å². The zero-order chi connectivity index (χ0) is 6.10. The van der Waals surface area contributed by atoms with Crippen LogP contribution in [-0.2, 0) is 0 Å². The topological polar surface area (TPSA) is 44.5 Å². The van der Waals surface area contributed by atoms with Crippen LogP contribution < -0.4 is 9.47 Å². The molecule has 1 aliphatic rings. The molecule has 9 heavy (non-hydrogen) atoms. The number of nitrogens with zero attached hydrogens (tertiary/aromatic N) is 1. The van der Waals surface area contributed by atoms with Gasteiger partial charge in [0, 0.05) is 0 Å². The smallest absolute Gasteiger partial charge is 0.302 e. The van der Waals surface area contributed by atoms with Crippen molar-refractivity contribution in [2.75, 3.05) is 0 Å². The number of aromatic nitrogens is 1. The van der Waals surface area contributed by atoms with E-state index in [-0.39, 0.29) is 0 Å². The van der Waals surface area contributed by atoms with Gasteiger partial charge in [-0.05, 0) is 5.16 Å². The number of hydrogen-bond donors (Lipinski definition) is 0. The molecule has 0 radical (unpaired) electrons. The zero-order valence-electron chi connectivity index (χ0n) is 4.40. The Kier molecular flexibility index (Phi) is 0.745. The van der Waals surface area contributed by atoms with Crippen LogP contribution in [0.5, 0.6) is 11.6 Å². The second kappa shape index (κ2) is 1.51. The molecule has 0 amide bonds. The van der Waals surface area contributed by atoms with Crippen molar-refractivity contribution in [3.05, 3.63) is 18.8 Å². The van der Waals surface area contributed by atoms with Crippen LogP contribution in [0.2, 0.25) is 0 Å². The molecule has 4 heteroatoms. The van der Waals surface area contributed by atoms with E-state index in [0.717, 1.165) is 0 Å². The van der Waals surface area contributed by atoms with Crippen LogP contribution in [0.15, 0.2) is 23.3 Å². The van der Waals surface area contributed by atoms with E-state index >= 15 is 0 Å². The maximum Gasteiger partial charge on any atom is 0.302 e. The van der Waals surface area contributed by atoms with Crippen molar-refractivity contribution in [1.82, 2.24) is 5.16 Å². The Labute approximate surface area is 50.7 Å². The van der Waals surface area contributed by atoms with Crippen LogP contribution in [0.3, 0.4) is 0 Å². The molecule has 0 saturated carbocycles. The predicted molar refractivity (Wildman–Crippen MR) is 26.9 cm³/mol. The van der Waals surface area contributed by atoms with Gasteiger partial charge in [-0.3, -0.25) is 0 Å². The fourth-order valence-corrected chi connectivity index (χ4v) is 0.569. The Bertz CT molecular complexity index is 218. The minimum atomic E-state index is 0.373. The minimum absolute atomic E-state index is 0.373. The summed E-state index contributed by atoms with van der Waals surface area (Å²) >= 11 is 0. The number of fused-ring (bicyclic) bond motifs is 1. The van der Waals surface area contributed by atoms with E-state index in [1.54, 1.807) is 0 Å². The molecule has 0 unspecified atom stereocenters. The second-order valence-corrected chi connectivity index (χ2v) is 1.49. The minimum Gasteiger partial charge on any atom is -0.453 e. The first kappa shape index (κ1) is 4.43. The van der Waals surface area contributed by atoms with Gasteiger partial charge < -0.3 is 14.0 Å². The highest BCUT2D eigenvalue weighted by atomic mass is 16.6. The molecule has 46 valence electrons. The van der Waals surface area contributed by atoms with E-state index in [1.165, 1.54) is 18.8 Å². The molecule has 0 fully saturated rings. The van der Waals surface area contributed by atoms with Crippen LogP contribution >= 0.6 is 0 Å². The molecule has 0 spiro atoms. The Morgan fingerprint density at radius 3 is 3.00 bits per heavy atom. The normalized spacial score (nSPS) is 13.8. The van der Waals surface area contributed by atoms with Crippen LogP contribution in [0.1, 0.15) is 0 Å². The molecule has 0 aromatic carbocycles. The summed E-state index contributed by atoms with van der Waals surface area (Å²) in [7, 11) is 0. The number of hydrogen-bond acceptors (Lipinski definition) is 4. The van der Waals surface area contributed by atoms with Crippen LogP contribution in [-0.4, -0.2) is 5.16 Å². The van der Waals surface area contributed by atoms with Crippen LogP contribution in [0.4, 0.5) is 0 Å². The molecular formula is C5H3NO3. The highest BCUT2D eigenvalue weighted by molar-refractivity contribution is 5.31. The van der Waals surface area contributed by atoms with E-state index in [1.807, 2.05) is 0 Å². The Balaban J connectivity index is 2.46. The van der Waals surface area contributed by atoms with E-state index in [4.69, 9.17) is 9.47 Å². The Morgan fingerprint density at radius 1 is 1.22 bits per heavy atom. The van der Waals surface area contributed by atoms with E-state index in [9.17, 15) is 0 Å². The summed E-state index contributed by atoms with van der Waals surface area (Å²) in [6, 6.07) is 0. The van der Waals surface area contributed by atoms with Crippen LogP contribution in [0, 0.1) is 0 Å². The molecule has 2 rings (SSSR count). The lowest BCUT2D eigenvalue weighted by Gasteiger charge is -2.01. The van der Waals surface area contributed by atoms with E-state index < -0.39 is 0 Å². The van der Waals surface area contributed by atoms with Gasteiger partial charge in [-0.2, -0.15) is 0 Å². The van der Waals surface area contributed by atoms with Crippen molar-refractivity contribution in [3.8, 4) is 11.6 Å². The predicted octanol–water partition coefficient (Wildman–Crippen LogP) is 0.917. The van der Waals surface area contributed by atoms with Crippen molar-refractivity contribution in [1.29, 1.82) is 0 Å². The Hall–Kier alpha value is -1.45. The van der Waals surface area contributed by atoms with Gasteiger partial charge in [-0.15, -0.1) is 0 Å². The van der Waals surface area contributed by atoms with Crippen molar-refractivity contribution < 1.29 is 14.0 Å². The van der Waals surface area contributed by atoms with E-state index in [2.05, 4.69) is 9.68 Å². The summed E-state index contributed by atoms with van der Waals surface area (Å²) in [6.45, 7) is 0. The van der Waals surface area contributed by atoms with Crippen molar-refractivity contribution >= 4 is 0 Å². The lowest BCUT2D eigenvalue weighted by molar-refractivity contribution is 0.338. The average molecular weight is 125 g/mol. The van der Waals surface area contributed by atoms with Crippen molar-refractivity contribution in [2.45, 2.75) is 0 Å². The molecule has 0 N–H and O–H groups in total. The van der Waals surface area contributed by atoms with Gasteiger partial charge in [0.2, 0.25) is 5.75 Å². The SMILES string of the molecule is C1=COc2nocc2O1. The largest absolute Gasteiger partial charge is 0.453 e. The van der Waals surface area contributed by atoms with Gasteiger partial charge in [-0.1, -0.05) is 0 Å². The second-order valence-electron chi connectivity index (χ2n) is 1.49. The molecule has 0 atom stereocenters. The van der Waals surface area contributed by atoms with Crippen LogP contribution in [0.25, 0.3) is 0 Å². The van der Waals surface area contributed by atoms with E-state index in [0.29, 0.717) is 11.6 Å². The first-order valence-corrected chi connectivity index (χ1v) is 2.39. The van der Waals surface area contributed by atoms with Gasteiger partial charge in [-0.25, -0.2) is 0 Å².